The lowest BCUT2D eigenvalue weighted by atomic mass is 10.1. The van der Waals surface area contributed by atoms with Gasteiger partial charge in [0.15, 0.2) is 0 Å². The number of piperidine rings is 1. The molecule has 2 N–H and O–H groups in total. The molecule has 8 heteroatoms. The summed E-state index contributed by atoms with van der Waals surface area (Å²) in [6.45, 7) is 2.42. The first-order valence-electron chi connectivity index (χ1n) is 8.71. The summed E-state index contributed by atoms with van der Waals surface area (Å²) in [5.74, 6) is -1.14. The number of anilines is 1. The molecule has 7 nitrogen and oxygen atoms in total. The van der Waals surface area contributed by atoms with Crippen LogP contribution < -0.4 is 9.62 Å². The topological polar surface area (TPSA) is 95.9 Å². The third-order valence-corrected chi connectivity index (χ3v) is 6.17. The van der Waals surface area contributed by atoms with E-state index in [1.165, 1.54) is 12.1 Å². The van der Waals surface area contributed by atoms with Crippen LogP contribution in [0.4, 0.5) is 5.69 Å². The number of sulfonamides is 1. The summed E-state index contributed by atoms with van der Waals surface area (Å²) in [7, 11) is -3.82. The zero-order chi connectivity index (χ0) is 17.9. The summed E-state index contributed by atoms with van der Waals surface area (Å²) in [5.41, 5.74) is 0.544. The van der Waals surface area contributed by atoms with Gasteiger partial charge in [0.2, 0.25) is 10.0 Å². The monoisotopic (exact) mass is 368 g/mol. The molecule has 25 heavy (non-hydrogen) atoms. The first kappa shape index (κ1) is 18.2. The van der Waals surface area contributed by atoms with E-state index in [0.717, 1.165) is 45.2 Å². The Bertz CT molecular complexity index is 723. The molecule has 0 amide bonds. The van der Waals surface area contributed by atoms with Crippen molar-refractivity contribution in [1.82, 2.24) is 4.72 Å². The first-order valence-corrected chi connectivity index (χ1v) is 10.2. The van der Waals surface area contributed by atoms with Gasteiger partial charge in [-0.3, -0.25) is 0 Å². The fourth-order valence-electron chi connectivity index (χ4n) is 3.34. The molecule has 0 aromatic heterocycles. The first-order chi connectivity index (χ1) is 12.0. The minimum atomic E-state index is -3.82. The zero-order valence-electron chi connectivity index (χ0n) is 14.1. The minimum Gasteiger partial charge on any atom is -0.478 e. The van der Waals surface area contributed by atoms with E-state index >= 15 is 0 Å². The molecule has 0 spiro atoms. The van der Waals surface area contributed by atoms with Crippen LogP contribution >= 0.6 is 0 Å². The maximum absolute atomic E-state index is 12.8. The van der Waals surface area contributed by atoms with Crippen molar-refractivity contribution in [2.45, 2.75) is 43.1 Å². The van der Waals surface area contributed by atoms with E-state index in [4.69, 9.17) is 4.74 Å². The van der Waals surface area contributed by atoms with Crippen LogP contribution in [0.25, 0.3) is 0 Å². The maximum atomic E-state index is 12.8. The van der Waals surface area contributed by atoms with E-state index in [1.807, 2.05) is 4.90 Å². The third kappa shape index (κ3) is 4.31. The second kappa shape index (κ2) is 7.72. The largest absolute Gasteiger partial charge is 0.478 e. The van der Waals surface area contributed by atoms with Crippen molar-refractivity contribution in [1.29, 1.82) is 0 Å². The van der Waals surface area contributed by atoms with E-state index in [2.05, 4.69) is 4.72 Å². The summed E-state index contributed by atoms with van der Waals surface area (Å²) in [5, 5.41) is 9.23. The number of rotatable bonds is 6. The molecule has 1 aromatic carbocycles. The minimum absolute atomic E-state index is 0.0294. The fourth-order valence-corrected chi connectivity index (χ4v) is 4.66. The number of benzene rings is 1. The number of aromatic carboxylic acids is 1. The van der Waals surface area contributed by atoms with E-state index in [1.54, 1.807) is 6.07 Å². The summed E-state index contributed by atoms with van der Waals surface area (Å²) < 4.78 is 33.7. The lowest BCUT2D eigenvalue weighted by Crippen LogP contribution is -2.35. The number of carbonyl (C=O) groups is 1. The Kier molecular flexibility index (Phi) is 5.61. The standard InChI is InChI=1S/C17H24N2O5S/c20-17(21)13-6-7-15(19-8-2-1-3-9-19)16(11-13)25(22,23)18-12-14-5-4-10-24-14/h6-7,11,14,18H,1-5,8-10,12H2,(H,20,21). The number of ether oxygens (including phenoxy) is 1. The molecule has 2 aliphatic rings. The van der Waals surface area contributed by atoms with Gasteiger partial charge in [-0.2, -0.15) is 0 Å². The molecule has 3 rings (SSSR count). The molecule has 1 unspecified atom stereocenters. The van der Waals surface area contributed by atoms with Gasteiger partial charge in [0, 0.05) is 26.2 Å². The highest BCUT2D eigenvalue weighted by Gasteiger charge is 2.26. The normalized spacial score (nSPS) is 21.4. The fraction of sp³-hybridized carbons (Fsp3) is 0.588. The Morgan fingerprint density at radius 1 is 1.24 bits per heavy atom. The Hall–Kier alpha value is -1.64. The second-order valence-electron chi connectivity index (χ2n) is 6.52. The van der Waals surface area contributed by atoms with Crippen molar-refractivity contribution in [3.05, 3.63) is 23.8 Å². The van der Waals surface area contributed by atoms with Crippen LogP contribution in [0.1, 0.15) is 42.5 Å². The third-order valence-electron chi connectivity index (χ3n) is 4.72. The second-order valence-corrected chi connectivity index (χ2v) is 8.26. The summed E-state index contributed by atoms with van der Waals surface area (Å²) in [4.78, 5) is 13.3. The van der Waals surface area contributed by atoms with Gasteiger partial charge in [0.1, 0.15) is 4.90 Å². The number of nitrogens with one attached hydrogen (secondary N) is 1. The molecule has 0 saturated carbocycles. The molecule has 0 radical (unpaired) electrons. The van der Waals surface area contributed by atoms with Gasteiger partial charge in [-0.05, 0) is 50.3 Å². The number of carboxylic acids is 1. The Balaban J connectivity index is 1.89. The van der Waals surface area contributed by atoms with Gasteiger partial charge >= 0.3 is 5.97 Å². The SMILES string of the molecule is O=C(O)c1ccc(N2CCCCC2)c(S(=O)(=O)NCC2CCCO2)c1. The molecule has 1 aromatic rings. The molecular formula is C17H24N2O5S. The number of hydrogen-bond acceptors (Lipinski definition) is 5. The molecule has 0 bridgehead atoms. The predicted octanol–water partition coefficient (Wildman–Crippen LogP) is 1.83. The molecule has 138 valence electrons. The van der Waals surface area contributed by atoms with E-state index in [-0.39, 0.29) is 23.1 Å². The lowest BCUT2D eigenvalue weighted by molar-refractivity contribution is 0.0696. The van der Waals surface area contributed by atoms with Crippen LogP contribution in [0.5, 0.6) is 0 Å². The molecule has 2 saturated heterocycles. The smallest absolute Gasteiger partial charge is 0.335 e. The molecule has 2 aliphatic heterocycles. The summed E-state index contributed by atoms with van der Waals surface area (Å²) in [6.07, 6.45) is 4.78. The molecule has 2 fully saturated rings. The Labute approximate surface area is 148 Å². The lowest BCUT2D eigenvalue weighted by Gasteiger charge is -2.30. The summed E-state index contributed by atoms with van der Waals surface area (Å²) >= 11 is 0. The number of hydrogen-bond donors (Lipinski definition) is 2. The van der Waals surface area contributed by atoms with Gasteiger partial charge in [-0.15, -0.1) is 0 Å². The zero-order valence-corrected chi connectivity index (χ0v) is 14.9. The number of nitrogens with zero attached hydrogens (tertiary/aromatic N) is 1. The van der Waals surface area contributed by atoms with Crippen LogP contribution in [-0.2, 0) is 14.8 Å². The average molecular weight is 368 g/mol. The van der Waals surface area contributed by atoms with E-state index in [9.17, 15) is 18.3 Å². The molecule has 1 atom stereocenters. The van der Waals surface area contributed by atoms with Crippen LogP contribution in [0.2, 0.25) is 0 Å². The van der Waals surface area contributed by atoms with Crippen LogP contribution in [0.3, 0.4) is 0 Å². The van der Waals surface area contributed by atoms with Gasteiger partial charge in [0.25, 0.3) is 0 Å². The highest BCUT2D eigenvalue weighted by atomic mass is 32.2. The van der Waals surface area contributed by atoms with Crippen molar-refractivity contribution in [3.63, 3.8) is 0 Å². The van der Waals surface area contributed by atoms with Crippen LogP contribution in [0.15, 0.2) is 23.1 Å². The van der Waals surface area contributed by atoms with Gasteiger partial charge < -0.3 is 14.7 Å². The molecular weight excluding hydrogens is 344 g/mol. The van der Waals surface area contributed by atoms with Gasteiger partial charge in [-0.1, -0.05) is 0 Å². The van der Waals surface area contributed by atoms with Crippen molar-refractivity contribution in [3.8, 4) is 0 Å². The average Bonchev–Trinajstić information content (AvgIpc) is 3.14. The number of carboxylic acid groups (broad SMARTS) is 1. The Morgan fingerprint density at radius 2 is 2.00 bits per heavy atom. The van der Waals surface area contributed by atoms with Gasteiger partial charge in [-0.25, -0.2) is 17.9 Å². The highest BCUT2D eigenvalue weighted by molar-refractivity contribution is 7.89. The summed E-state index contributed by atoms with van der Waals surface area (Å²) in [6, 6.07) is 4.32. The van der Waals surface area contributed by atoms with Crippen LogP contribution in [-0.4, -0.2) is 51.8 Å². The highest BCUT2D eigenvalue weighted by Crippen LogP contribution is 2.29. The van der Waals surface area contributed by atoms with Crippen molar-refractivity contribution < 1.29 is 23.1 Å². The van der Waals surface area contributed by atoms with Gasteiger partial charge in [0.05, 0.1) is 17.4 Å². The van der Waals surface area contributed by atoms with Crippen molar-refractivity contribution >= 4 is 21.7 Å². The Morgan fingerprint density at radius 3 is 2.64 bits per heavy atom. The van der Waals surface area contributed by atoms with E-state index < -0.39 is 16.0 Å². The van der Waals surface area contributed by atoms with Crippen LogP contribution in [0, 0.1) is 0 Å². The van der Waals surface area contributed by atoms with Crippen molar-refractivity contribution in [2.75, 3.05) is 31.1 Å². The van der Waals surface area contributed by atoms with E-state index in [0.29, 0.717) is 12.3 Å². The predicted molar refractivity (Wildman–Crippen MR) is 93.6 cm³/mol. The maximum Gasteiger partial charge on any atom is 0.335 e. The molecule has 0 aliphatic carbocycles. The van der Waals surface area contributed by atoms with Crippen molar-refractivity contribution in [2.24, 2.45) is 0 Å². The molecule has 2 heterocycles. The quantitative estimate of drug-likeness (QED) is 0.795.